The number of nitrogens with zero attached hydrogens (tertiary/aromatic N) is 5. The van der Waals surface area contributed by atoms with E-state index in [2.05, 4.69) is 38.0 Å². The van der Waals surface area contributed by atoms with Gasteiger partial charge in [-0.05, 0) is 45.4 Å². The molecule has 2 aromatic rings. The largest absolute Gasteiger partial charge is 0.353 e. The molecule has 0 atom stereocenters. The van der Waals surface area contributed by atoms with E-state index in [0.717, 1.165) is 55.5 Å². The molecule has 1 aromatic carbocycles. The number of carbonyl (C=O) groups is 1. The van der Waals surface area contributed by atoms with Crippen LogP contribution in [-0.2, 0) is 11.2 Å². The molecule has 1 saturated heterocycles. The van der Waals surface area contributed by atoms with Gasteiger partial charge in [0, 0.05) is 43.1 Å². The number of rotatable bonds is 4. The Morgan fingerprint density at radius 1 is 1.22 bits per heavy atom. The standard InChI is InChI=1S/C21H27N5O/c1-15-11-20(23-16(2)22-15)25-12-18(13-25)24(3)14-21(27)26-10-6-8-17-7-4-5-9-19(17)26/h4-5,7,9,11,18H,6,8,10,12-14H2,1-3H3. The number of fused-ring (bicyclic) bond motifs is 1. The topological polar surface area (TPSA) is 52.6 Å². The molecule has 4 rings (SSSR count). The van der Waals surface area contributed by atoms with Gasteiger partial charge < -0.3 is 9.80 Å². The number of hydrogen-bond acceptors (Lipinski definition) is 5. The molecule has 6 heteroatoms. The van der Waals surface area contributed by atoms with E-state index in [1.165, 1.54) is 5.56 Å². The van der Waals surface area contributed by atoms with Gasteiger partial charge in [0.1, 0.15) is 11.6 Å². The lowest BCUT2D eigenvalue weighted by Crippen LogP contribution is -2.60. The molecule has 0 unspecified atom stereocenters. The van der Waals surface area contributed by atoms with Crippen molar-refractivity contribution < 1.29 is 4.79 Å². The highest BCUT2D eigenvalue weighted by Gasteiger charge is 2.33. The molecule has 2 aliphatic heterocycles. The molecule has 27 heavy (non-hydrogen) atoms. The third-order valence-electron chi connectivity index (χ3n) is 5.56. The minimum atomic E-state index is 0.192. The molecule has 1 aromatic heterocycles. The Balaban J connectivity index is 1.35. The van der Waals surface area contributed by atoms with Gasteiger partial charge in [0.15, 0.2) is 0 Å². The number of amides is 1. The molecule has 1 fully saturated rings. The van der Waals surface area contributed by atoms with Crippen LogP contribution < -0.4 is 9.80 Å². The molecule has 2 aliphatic rings. The number of para-hydroxylation sites is 1. The quantitative estimate of drug-likeness (QED) is 0.831. The number of benzene rings is 1. The van der Waals surface area contributed by atoms with Gasteiger partial charge in [0.05, 0.1) is 6.54 Å². The van der Waals surface area contributed by atoms with Crippen LogP contribution >= 0.6 is 0 Å². The van der Waals surface area contributed by atoms with Crippen LogP contribution in [0.4, 0.5) is 11.5 Å². The van der Waals surface area contributed by atoms with E-state index in [0.29, 0.717) is 12.6 Å². The van der Waals surface area contributed by atoms with Crippen molar-refractivity contribution in [1.82, 2.24) is 14.9 Å². The van der Waals surface area contributed by atoms with Gasteiger partial charge in [-0.3, -0.25) is 9.69 Å². The third kappa shape index (κ3) is 3.67. The number of aryl methyl sites for hydroxylation is 3. The highest BCUT2D eigenvalue weighted by molar-refractivity contribution is 5.96. The first-order chi connectivity index (χ1) is 13.0. The second kappa shape index (κ2) is 7.27. The molecule has 0 radical (unpaired) electrons. The SMILES string of the molecule is Cc1cc(N2CC(N(C)CC(=O)N3CCCc4ccccc43)C2)nc(C)n1. The minimum Gasteiger partial charge on any atom is -0.353 e. The normalized spacial score (nSPS) is 17.0. The summed E-state index contributed by atoms with van der Waals surface area (Å²) in [5, 5.41) is 0. The number of anilines is 2. The molecule has 0 spiro atoms. The number of aromatic nitrogens is 2. The summed E-state index contributed by atoms with van der Waals surface area (Å²) in [7, 11) is 2.05. The number of hydrogen-bond donors (Lipinski definition) is 0. The number of carbonyl (C=O) groups excluding carboxylic acids is 1. The highest BCUT2D eigenvalue weighted by atomic mass is 16.2. The van der Waals surface area contributed by atoms with Crippen molar-refractivity contribution in [1.29, 1.82) is 0 Å². The average Bonchev–Trinajstić information content (AvgIpc) is 2.59. The molecular formula is C21H27N5O. The van der Waals surface area contributed by atoms with Crippen LogP contribution in [-0.4, -0.2) is 60.0 Å². The molecule has 1 amide bonds. The fourth-order valence-corrected chi connectivity index (χ4v) is 4.00. The lowest BCUT2D eigenvalue weighted by atomic mass is 10.0. The van der Waals surface area contributed by atoms with Crippen LogP contribution in [0.2, 0.25) is 0 Å². The first kappa shape index (κ1) is 17.9. The Bertz CT molecular complexity index is 826. The summed E-state index contributed by atoms with van der Waals surface area (Å²) in [6.07, 6.45) is 2.10. The van der Waals surface area contributed by atoms with Gasteiger partial charge in [0.25, 0.3) is 0 Å². The van der Waals surface area contributed by atoms with E-state index in [1.807, 2.05) is 37.9 Å². The monoisotopic (exact) mass is 365 g/mol. The van der Waals surface area contributed by atoms with Crippen LogP contribution in [0, 0.1) is 13.8 Å². The summed E-state index contributed by atoms with van der Waals surface area (Å²) in [6.45, 7) is 6.99. The second-order valence-corrected chi connectivity index (χ2v) is 7.67. The van der Waals surface area contributed by atoms with E-state index in [4.69, 9.17) is 0 Å². The first-order valence-corrected chi connectivity index (χ1v) is 9.67. The molecule has 3 heterocycles. The highest BCUT2D eigenvalue weighted by Crippen LogP contribution is 2.27. The van der Waals surface area contributed by atoms with Crippen molar-refractivity contribution in [3.8, 4) is 0 Å². The predicted octanol–water partition coefficient (Wildman–Crippen LogP) is 2.19. The second-order valence-electron chi connectivity index (χ2n) is 7.67. The zero-order chi connectivity index (χ0) is 19.0. The van der Waals surface area contributed by atoms with Gasteiger partial charge in [-0.15, -0.1) is 0 Å². The third-order valence-corrected chi connectivity index (χ3v) is 5.56. The minimum absolute atomic E-state index is 0.192. The fourth-order valence-electron chi connectivity index (χ4n) is 4.00. The summed E-state index contributed by atoms with van der Waals surface area (Å²) in [4.78, 5) is 28.2. The van der Waals surface area contributed by atoms with E-state index in [9.17, 15) is 4.79 Å². The van der Waals surface area contributed by atoms with Crippen molar-refractivity contribution in [2.75, 3.05) is 43.0 Å². The van der Waals surface area contributed by atoms with E-state index < -0.39 is 0 Å². The van der Waals surface area contributed by atoms with Crippen LogP contribution in [0.25, 0.3) is 0 Å². The van der Waals surface area contributed by atoms with Crippen molar-refractivity contribution in [2.24, 2.45) is 0 Å². The molecular weight excluding hydrogens is 338 g/mol. The van der Waals surface area contributed by atoms with Crippen LogP contribution in [0.3, 0.4) is 0 Å². The lowest BCUT2D eigenvalue weighted by molar-refractivity contribution is -0.120. The van der Waals surface area contributed by atoms with Crippen LogP contribution in [0.15, 0.2) is 30.3 Å². The maximum absolute atomic E-state index is 12.9. The van der Waals surface area contributed by atoms with Gasteiger partial charge in [-0.2, -0.15) is 0 Å². The molecule has 0 N–H and O–H groups in total. The van der Waals surface area contributed by atoms with Crippen molar-refractivity contribution in [3.05, 3.63) is 47.4 Å². The van der Waals surface area contributed by atoms with Crippen molar-refractivity contribution in [2.45, 2.75) is 32.7 Å². The van der Waals surface area contributed by atoms with Crippen molar-refractivity contribution >= 4 is 17.4 Å². The summed E-state index contributed by atoms with van der Waals surface area (Å²) in [5.41, 5.74) is 3.36. The maximum atomic E-state index is 12.9. The Morgan fingerprint density at radius 3 is 2.78 bits per heavy atom. The van der Waals surface area contributed by atoms with E-state index >= 15 is 0 Å². The van der Waals surface area contributed by atoms with Gasteiger partial charge in [-0.1, -0.05) is 18.2 Å². The summed E-state index contributed by atoms with van der Waals surface area (Å²) < 4.78 is 0. The maximum Gasteiger partial charge on any atom is 0.241 e. The molecule has 0 bridgehead atoms. The smallest absolute Gasteiger partial charge is 0.241 e. The summed E-state index contributed by atoms with van der Waals surface area (Å²) in [5.74, 6) is 1.98. The van der Waals surface area contributed by atoms with Gasteiger partial charge in [-0.25, -0.2) is 9.97 Å². The zero-order valence-electron chi connectivity index (χ0n) is 16.4. The van der Waals surface area contributed by atoms with Crippen LogP contribution in [0.1, 0.15) is 23.5 Å². The number of likely N-dealkylation sites (N-methyl/N-ethyl adjacent to an activating group) is 1. The summed E-state index contributed by atoms with van der Waals surface area (Å²) >= 11 is 0. The Kier molecular flexibility index (Phi) is 4.83. The van der Waals surface area contributed by atoms with Crippen LogP contribution in [0.5, 0.6) is 0 Å². The Hall–Kier alpha value is -2.47. The molecule has 0 aliphatic carbocycles. The molecule has 142 valence electrons. The first-order valence-electron chi connectivity index (χ1n) is 9.67. The van der Waals surface area contributed by atoms with Gasteiger partial charge >= 0.3 is 0 Å². The predicted molar refractivity (Wildman–Crippen MR) is 107 cm³/mol. The average molecular weight is 365 g/mol. The van der Waals surface area contributed by atoms with Gasteiger partial charge in [0.2, 0.25) is 5.91 Å². The summed E-state index contributed by atoms with van der Waals surface area (Å²) in [6, 6.07) is 10.7. The van der Waals surface area contributed by atoms with Crippen molar-refractivity contribution in [3.63, 3.8) is 0 Å². The van der Waals surface area contributed by atoms with E-state index in [1.54, 1.807) is 0 Å². The zero-order valence-corrected chi connectivity index (χ0v) is 16.4. The molecule has 6 nitrogen and oxygen atoms in total. The Morgan fingerprint density at radius 2 is 2.00 bits per heavy atom. The fraction of sp³-hybridized carbons (Fsp3) is 0.476. The lowest BCUT2D eigenvalue weighted by Gasteiger charge is -2.45. The molecule has 0 saturated carbocycles. The Labute approximate surface area is 160 Å². The van der Waals surface area contributed by atoms with E-state index in [-0.39, 0.29) is 5.91 Å².